The van der Waals surface area contributed by atoms with Crippen molar-refractivity contribution in [1.82, 2.24) is 10.2 Å². The zero-order valence-corrected chi connectivity index (χ0v) is 12.9. The second-order valence-electron chi connectivity index (χ2n) is 5.66. The largest absolute Gasteiger partial charge is 0.475 e. The molecule has 1 aliphatic heterocycles. The van der Waals surface area contributed by atoms with Crippen LogP contribution in [0, 0.1) is 13.8 Å². The van der Waals surface area contributed by atoms with E-state index in [4.69, 9.17) is 0 Å². The van der Waals surface area contributed by atoms with Crippen LogP contribution in [0.3, 0.4) is 0 Å². The third kappa shape index (κ3) is 3.48. The molecule has 1 atom stereocenters. The molecule has 0 bridgehead atoms. The summed E-state index contributed by atoms with van der Waals surface area (Å²) < 4.78 is 0. The first-order chi connectivity index (χ1) is 10.4. The molecule has 0 saturated carbocycles. The minimum absolute atomic E-state index is 0.143. The van der Waals surface area contributed by atoms with Crippen molar-refractivity contribution in [3.05, 3.63) is 34.9 Å². The fourth-order valence-corrected chi connectivity index (χ4v) is 2.93. The molecule has 1 aliphatic rings. The topological polar surface area (TPSA) is 89.9 Å². The Kier molecular flexibility index (Phi) is 5.21. The molecule has 0 spiro atoms. The second kappa shape index (κ2) is 6.94. The van der Waals surface area contributed by atoms with Crippen LogP contribution in [0.15, 0.2) is 18.2 Å². The highest BCUT2D eigenvalue weighted by atomic mass is 16.4. The Morgan fingerprint density at radius 1 is 1.32 bits per heavy atom. The molecule has 0 radical (unpaired) electrons. The number of nitrogens with one attached hydrogen (secondary N) is 1. The summed E-state index contributed by atoms with van der Waals surface area (Å²) in [6, 6.07) is 5.58. The van der Waals surface area contributed by atoms with Crippen LogP contribution in [0.4, 0.5) is 0 Å². The van der Waals surface area contributed by atoms with E-state index in [0.29, 0.717) is 18.5 Å². The predicted molar refractivity (Wildman–Crippen MR) is 83.2 cm³/mol. The van der Waals surface area contributed by atoms with Gasteiger partial charge in [-0.1, -0.05) is 18.2 Å². The number of amides is 2. The molecule has 1 unspecified atom stereocenters. The first-order valence-electron chi connectivity index (χ1n) is 7.42. The van der Waals surface area contributed by atoms with Gasteiger partial charge in [0.2, 0.25) is 5.91 Å². The highest BCUT2D eigenvalue weighted by Crippen LogP contribution is 2.18. The Labute approximate surface area is 130 Å². The van der Waals surface area contributed by atoms with Crippen molar-refractivity contribution in [2.24, 2.45) is 0 Å². The summed E-state index contributed by atoms with van der Waals surface area (Å²) in [6.07, 6.45) is 1.30. The van der Waals surface area contributed by atoms with Crippen LogP contribution >= 0.6 is 0 Å². The maximum Gasteiger partial charge on any atom is 0.475 e. The molecule has 0 aliphatic carbocycles. The number of likely N-dealkylation sites (tertiary alicyclic amines) is 1. The minimum atomic E-state index is -1.54. The molecule has 7 heteroatoms. The van der Waals surface area contributed by atoms with Gasteiger partial charge in [0, 0.05) is 12.1 Å². The highest BCUT2D eigenvalue weighted by Gasteiger charge is 2.36. The molecule has 2 amide bonds. The monoisotopic (exact) mass is 304 g/mol. The van der Waals surface area contributed by atoms with Gasteiger partial charge in [0.1, 0.15) is 0 Å². The lowest BCUT2D eigenvalue weighted by molar-refractivity contribution is -0.130. The van der Waals surface area contributed by atoms with Crippen LogP contribution < -0.4 is 5.32 Å². The lowest BCUT2D eigenvalue weighted by Crippen LogP contribution is -2.49. The lowest BCUT2D eigenvalue weighted by atomic mass is 9.78. The van der Waals surface area contributed by atoms with E-state index in [-0.39, 0.29) is 18.4 Å². The summed E-state index contributed by atoms with van der Waals surface area (Å²) in [5.74, 6) is -1.16. The molecule has 22 heavy (non-hydrogen) atoms. The first-order valence-corrected chi connectivity index (χ1v) is 7.42. The van der Waals surface area contributed by atoms with Crippen LogP contribution in [0.5, 0.6) is 0 Å². The lowest BCUT2D eigenvalue weighted by Gasteiger charge is -2.24. The fourth-order valence-electron chi connectivity index (χ4n) is 2.93. The summed E-state index contributed by atoms with van der Waals surface area (Å²) in [5.41, 5.74) is 2.29. The normalized spacial score (nSPS) is 17.5. The predicted octanol–water partition coefficient (Wildman–Crippen LogP) is 0.0362. The van der Waals surface area contributed by atoms with E-state index in [1.807, 2.05) is 32.0 Å². The van der Waals surface area contributed by atoms with Gasteiger partial charge in [-0.05, 0) is 37.8 Å². The Hall–Kier alpha value is -1.86. The zero-order chi connectivity index (χ0) is 16.3. The van der Waals surface area contributed by atoms with Crippen LogP contribution in [0.25, 0.3) is 0 Å². The number of carbonyl (C=O) groups is 2. The molecule has 3 N–H and O–H groups in total. The minimum Gasteiger partial charge on any atom is -0.426 e. The SMILES string of the molecule is Cc1cccc(C)c1C(=O)NCC(=O)N1CCCC1B(O)O. The van der Waals surface area contributed by atoms with Crippen molar-refractivity contribution in [2.75, 3.05) is 13.1 Å². The van der Waals surface area contributed by atoms with E-state index in [2.05, 4.69) is 5.32 Å². The maximum atomic E-state index is 12.2. The van der Waals surface area contributed by atoms with Crippen LogP contribution in [0.1, 0.15) is 34.3 Å². The molecule has 1 aromatic carbocycles. The van der Waals surface area contributed by atoms with Gasteiger partial charge in [-0.2, -0.15) is 0 Å². The van der Waals surface area contributed by atoms with Gasteiger partial charge in [0.05, 0.1) is 12.5 Å². The molecule has 118 valence electrons. The van der Waals surface area contributed by atoms with Gasteiger partial charge in [-0.3, -0.25) is 9.59 Å². The van der Waals surface area contributed by atoms with Crippen LogP contribution in [-0.4, -0.2) is 52.9 Å². The van der Waals surface area contributed by atoms with Crippen molar-refractivity contribution >= 4 is 18.9 Å². The van der Waals surface area contributed by atoms with E-state index in [1.54, 1.807) is 0 Å². The summed E-state index contributed by atoms with van der Waals surface area (Å²) in [4.78, 5) is 25.8. The molecular formula is C15H21BN2O4. The zero-order valence-electron chi connectivity index (χ0n) is 12.9. The standard InChI is InChI=1S/C15H21BN2O4/c1-10-5-3-6-11(2)14(10)15(20)17-9-13(19)18-8-4-7-12(18)16(21)22/h3,5-6,12,21-22H,4,7-9H2,1-2H3,(H,17,20). The van der Waals surface area contributed by atoms with Gasteiger partial charge in [0.25, 0.3) is 5.91 Å². The highest BCUT2D eigenvalue weighted by molar-refractivity contribution is 6.43. The summed E-state index contributed by atoms with van der Waals surface area (Å²) in [7, 11) is -1.54. The number of hydrogen-bond acceptors (Lipinski definition) is 4. The van der Waals surface area contributed by atoms with E-state index < -0.39 is 13.1 Å². The van der Waals surface area contributed by atoms with E-state index in [0.717, 1.165) is 17.5 Å². The summed E-state index contributed by atoms with van der Waals surface area (Å²) in [6.45, 7) is 4.04. The first kappa shape index (κ1) is 16.5. The number of nitrogens with zero attached hydrogens (tertiary/aromatic N) is 1. The Bertz CT molecular complexity index is 556. The third-order valence-electron chi connectivity index (χ3n) is 4.07. The average Bonchev–Trinajstić information content (AvgIpc) is 2.94. The van der Waals surface area contributed by atoms with Gasteiger partial charge >= 0.3 is 7.12 Å². The Morgan fingerprint density at radius 2 is 1.95 bits per heavy atom. The van der Waals surface area contributed by atoms with Crippen molar-refractivity contribution in [1.29, 1.82) is 0 Å². The van der Waals surface area contributed by atoms with Gasteiger partial charge in [0.15, 0.2) is 0 Å². The van der Waals surface area contributed by atoms with E-state index in [1.165, 1.54) is 4.90 Å². The smallest absolute Gasteiger partial charge is 0.426 e. The van der Waals surface area contributed by atoms with Crippen molar-refractivity contribution < 1.29 is 19.6 Å². The Balaban J connectivity index is 1.98. The number of hydrogen-bond donors (Lipinski definition) is 3. The van der Waals surface area contributed by atoms with E-state index in [9.17, 15) is 19.6 Å². The van der Waals surface area contributed by atoms with E-state index >= 15 is 0 Å². The Morgan fingerprint density at radius 3 is 2.55 bits per heavy atom. The average molecular weight is 304 g/mol. The van der Waals surface area contributed by atoms with Crippen molar-refractivity contribution in [3.8, 4) is 0 Å². The number of rotatable bonds is 4. The molecule has 1 fully saturated rings. The fraction of sp³-hybridized carbons (Fsp3) is 0.467. The molecule has 1 aromatic rings. The molecule has 2 rings (SSSR count). The summed E-state index contributed by atoms with van der Waals surface area (Å²) >= 11 is 0. The van der Waals surface area contributed by atoms with Crippen LogP contribution in [-0.2, 0) is 4.79 Å². The molecule has 1 heterocycles. The number of benzene rings is 1. The third-order valence-corrected chi connectivity index (χ3v) is 4.07. The summed E-state index contributed by atoms with van der Waals surface area (Å²) in [5, 5.41) is 21.2. The van der Waals surface area contributed by atoms with Crippen molar-refractivity contribution in [2.45, 2.75) is 32.6 Å². The van der Waals surface area contributed by atoms with Crippen LogP contribution in [0.2, 0.25) is 0 Å². The molecule has 0 aromatic heterocycles. The van der Waals surface area contributed by atoms with Crippen molar-refractivity contribution in [3.63, 3.8) is 0 Å². The number of aryl methyl sites for hydroxylation is 2. The maximum absolute atomic E-state index is 12.2. The molecular weight excluding hydrogens is 283 g/mol. The quantitative estimate of drug-likeness (QED) is 0.685. The van der Waals surface area contributed by atoms with Gasteiger partial charge < -0.3 is 20.3 Å². The molecule has 1 saturated heterocycles. The van der Waals surface area contributed by atoms with Gasteiger partial charge in [-0.15, -0.1) is 0 Å². The molecule has 6 nitrogen and oxygen atoms in total. The number of carbonyl (C=O) groups excluding carboxylic acids is 2. The van der Waals surface area contributed by atoms with Gasteiger partial charge in [-0.25, -0.2) is 0 Å². The second-order valence-corrected chi connectivity index (χ2v) is 5.66.